The topological polar surface area (TPSA) is 68.5 Å². The van der Waals surface area contributed by atoms with E-state index in [-0.39, 0.29) is 11.5 Å². The van der Waals surface area contributed by atoms with Crippen molar-refractivity contribution >= 4 is 22.8 Å². The van der Waals surface area contributed by atoms with Gasteiger partial charge in [0.15, 0.2) is 0 Å². The molecule has 0 aliphatic carbocycles. The summed E-state index contributed by atoms with van der Waals surface area (Å²) in [6, 6.07) is 7.06. The second-order valence-electron chi connectivity index (χ2n) is 4.24. The molecule has 0 radical (unpaired) electrons. The Bertz CT molecular complexity index is 615. The van der Waals surface area contributed by atoms with Gasteiger partial charge in [-0.2, -0.15) is 0 Å². The molecule has 100 valence electrons. The molecule has 0 spiro atoms. The Hall–Kier alpha value is -2.30. The highest BCUT2D eigenvalue weighted by molar-refractivity contribution is 6.02. The van der Waals surface area contributed by atoms with E-state index in [1.807, 2.05) is 22.9 Å². The molecule has 0 bridgehead atoms. The number of carboxylic acids is 1. The number of carbonyl (C=O) groups excluding carboxylic acids is 1. The van der Waals surface area contributed by atoms with Gasteiger partial charge in [0, 0.05) is 24.5 Å². The molecule has 0 fully saturated rings. The van der Waals surface area contributed by atoms with Gasteiger partial charge in [-0.3, -0.25) is 4.79 Å². The van der Waals surface area contributed by atoms with Gasteiger partial charge in [0.05, 0.1) is 18.2 Å². The van der Waals surface area contributed by atoms with Crippen molar-refractivity contribution in [2.45, 2.75) is 19.4 Å². The maximum absolute atomic E-state index is 11.2. The minimum Gasteiger partial charge on any atom is -0.478 e. The molecule has 19 heavy (non-hydrogen) atoms. The van der Waals surface area contributed by atoms with Crippen LogP contribution in [0.1, 0.15) is 23.2 Å². The SMILES string of the molecule is COC(=O)CCCn1ccc2cccc(C(=O)O)c21. The first-order chi connectivity index (χ1) is 9.13. The summed E-state index contributed by atoms with van der Waals surface area (Å²) in [5, 5.41) is 10.1. The van der Waals surface area contributed by atoms with Crippen LogP contribution in [-0.4, -0.2) is 28.7 Å². The second-order valence-corrected chi connectivity index (χ2v) is 4.24. The Morgan fingerprint density at radius 2 is 2.11 bits per heavy atom. The largest absolute Gasteiger partial charge is 0.478 e. The number of rotatable bonds is 5. The summed E-state index contributed by atoms with van der Waals surface area (Å²) >= 11 is 0. The molecule has 1 heterocycles. The van der Waals surface area contributed by atoms with Crippen LogP contribution in [0.3, 0.4) is 0 Å². The lowest BCUT2D eigenvalue weighted by Gasteiger charge is -2.07. The molecular weight excluding hydrogens is 246 g/mol. The van der Waals surface area contributed by atoms with Crippen LogP contribution in [0.25, 0.3) is 10.9 Å². The van der Waals surface area contributed by atoms with Crippen LogP contribution in [0.4, 0.5) is 0 Å². The van der Waals surface area contributed by atoms with Gasteiger partial charge in [0.2, 0.25) is 0 Å². The average Bonchev–Trinajstić information content (AvgIpc) is 2.81. The zero-order valence-electron chi connectivity index (χ0n) is 10.6. The van der Waals surface area contributed by atoms with Gasteiger partial charge in [0.25, 0.3) is 0 Å². The summed E-state index contributed by atoms with van der Waals surface area (Å²) < 4.78 is 6.44. The van der Waals surface area contributed by atoms with Crippen LogP contribution in [0.2, 0.25) is 0 Å². The van der Waals surface area contributed by atoms with Crippen LogP contribution in [-0.2, 0) is 16.1 Å². The Morgan fingerprint density at radius 1 is 1.32 bits per heavy atom. The zero-order chi connectivity index (χ0) is 13.8. The number of hydrogen-bond donors (Lipinski definition) is 1. The molecule has 0 saturated carbocycles. The number of methoxy groups -OCH3 is 1. The Labute approximate surface area is 110 Å². The molecule has 0 aliphatic heterocycles. The fraction of sp³-hybridized carbons (Fsp3) is 0.286. The van der Waals surface area contributed by atoms with Crippen molar-refractivity contribution < 1.29 is 19.4 Å². The fourth-order valence-corrected chi connectivity index (χ4v) is 2.12. The highest BCUT2D eigenvalue weighted by Crippen LogP contribution is 2.21. The summed E-state index contributed by atoms with van der Waals surface area (Å²) in [6.07, 6.45) is 2.78. The molecule has 5 heteroatoms. The number of nitrogens with zero attached hydrogens (tertiary/aromatic N) is 1. The van der Waals surface area contributed by atoms with E-state index < -0.39 is 5.97 Å². The van der Waals surface area contributed by atoms with E-state index in [0.717, 1.165) is 5.39 Å². The van der Waals surface area contributed by atoms with Crippen molar-refractivity contribution in [1.29, 1.82) is 0 Å². The maximum atomic E-state index is 11.2. The monoisotopic (exact) mass is 261 g/mol. The van der Waals surface area contributed by atoms with Crippen molar-refractivity contribution in [1.82, 2.24) is 4.57 Å². The molecule has 2 rings (SSSR count). The molecule has 1 N–H and O–H groups in total. The number of benzene rings is 1. The third-order valence-corrected chi connectivity index (χ3v) is 3.03. The standard InChI is InChI=1S/C14H15NO4/c1-19-12(16)6-3-8-15-9-7-10-4-2-5-11(13(10)15)14(17)18/h2,4-5,7,9H,3,6,8H2,1H3,(H,17,18). The van der Waals surface area contributed by atoms with Gasteiger partial charge >= 0.3 is 11.9 Å². The third kappa shape index (κ3) is 2.76. The van der Waals surface area contributed by atoms with E-state index in [2.05, 4.69) is 4.74 Å². The van der Waals surface area contributed by atoms with E-state index in [1.165, 1.54) is 7.11 Å². The second kappa shape index (κ2) is 5.56. The minimum atomic E-state index is -0.946. The van der Waals surface area contributed by atoms with Gasteiger partial charge in [-0.05, 0) is 18.6 Å². The summed E-state index contributed by atoms with van der Waals surface area (Å²) in [6.45, 7) is 0.586. The summed E-state index contributed by atoms with van der Waals surface area (Å²) in [4.78, 5) is 22.3. The molecule has 2 aromatic rings. The first-order valence-electron chi connectivity index (χ1n) is 6.01. The zero-order valence-corrected chi connectivity index (χ0v) is 10.6. The van der Waals surface area contributed by atoms with Crippen molar-refractivity contribution in [3.05, 3.63) is 36.0 Å². The molecule has 0 unspecified atom stereocenters. The predicted molar refractivity (Wildman–Crippen MR) is 70.1 cm³/mol. The van der Waals surface area contributed by atoms with Gasteiger partial charge in [-0.1, -0.05) is 12.1 Å². The molecular formula is C14H15NO4. The smallest absolute Gasteiger partial charge is 0.337 e. The van der Waals surface area contributed by atoms with E-state index >= 15 is 0 Å². The van der Waals surface area contributed by atoms with Crippen molar-refractivity contribution in [2.24, 2.45) is 0 Å². The third-order valence-electron chi connectivity index (χ3n) is 3.03. The van der Waals surface area contributed by atoms with Crippen molar-refractivity contribution in [2.75, 3.05) is 7.11 Å². The Balaban J connectivity index is 2.24. The van der Waals surface area contributed by atoms with Gasteiger partial charge in [-0.15, -0.1) is 0 Å². The molecule has 1 aromatic carbocycles. The van der Waals surface area contributed by atoms with Crippen LogP contribution in [0, 0.1) is 0 Å². The number of esters is 1. The van der Waals surface area contributed by atoms with Crippen molar-refractivity contribution in [3.63, 3.8) is 0 Å². The number of ether oxygens (including phenoxy) is 1. The molecule has 0 saturated heterocycles. The fourth-order valence-electron chi connectivity index (χ4n) is 2.12. The highest BCUT2D eigenvalue weighted by Gasteiger charge is 2.12. The molecule has 0 atom stereocenters. The van der Waals surface area contributed by atoms with Gasteiger partial charge in [-0.25, -0.2) is 4.79 Å². The van der Waals surface area contributed by atoms with Crippen LogP contribution >= 0.6 is 0 Å². The van der Waals surface area contributed by atoms with Crippen LogP contribution < -0.4 is 0 Å². The van der Waals surface area contributed by atoms with Gasteiger partial charge in [0.1, 0.15) is 0 Å². The van der Waals surface area contributed by atoms with E-state index in [0.29, 0.717) is 24.9 Å². The summed E-state index contributed by atoms with van der Waals surface area (Å²) in [5.74, 6) is -1.20. The normalized spacial score (nSPS) is 10.6. The number of carbonyl (C=O) groups is 2. The van der Waals surface area contributed by atoms with Crippen molar-refractivity contribution in [3.8, 4) is 0 Å². The van der Waals surface area contributed by atoms with E-state index in [1.54, 1.807) is 12.1 Å². The van der Waals surface area contributed by atoms with Crippen LogP contribution in [0.15, 0.2) is 30.5 Å². The lowest BCUT2D eigenvalue weighted by Crippen LogP contribution is -2.06. The minimum absolute atomic E-state index is 0.255. The molecule has 0 aliphatic rings. The summed E-state index contributed by atoms with van der Waals surface area (Å²) in [5.41, 5.74) is 0.973. The first kappa shape index (κ1) is 13.1. The Kier molecular flexibility index (Phi) is 3.85. The number of fused-ring (bicyclic) bond motifs is 1. The number of aryl methyl sites for hydroxylation is 1. The first-order valence-corrected chi connectivity index (χ1v) is 6.01. The molecule has 1 aromatic heterocycles. The number of aromatic carboxylic acids is 1. The van der Waals surface area contributed by atoms with Crippen LogP contribution in [0.5, 0.6) is 0 Å². The van der Waals surface area contributed by atoms with Gasteiger partial charge < -0.3 is 14.4 Å². The van der Waals surface area contributed by atoms with E-state index in [9.17, 15) is 14.7 Å². The molecule has 0 amide bonds. The number of para-hydroxylation sites is 1. The lowest BCUT2D eigenvalue weighted by molar-refractivity contribution is -0.140. The predicted octanol–water partition coefficient (Wildman–Crippen LogP) is 2.29. The molecule has 5 nitrogen and oxygen atoms in total. The maximum Gasteiger partial charge on any atom is 0.337 e. The Morgan fingerprint density at radius 3 is 2.79 bits per heavy atom. The number of hydrogen-bond acceptors (Lipinski definition) is 3. The average molecular weight is 261 g/mol. The summed E-state index contributed by atoms with van der Waals surface area (Å²) in [7, 11) is 1.36. The lowest BCUT2D eigenvalue weighted by atomic mass is 10.1. The number of aromatic nitrogens is 1. The highest BCUT2D eigenvalue weighted by atomic mass is 16.5. The quantitative estimate of drug-likeness (QED) is 0.838. The number of carboxylic acid groups (broad SMARTS) is 1. The van der Waals surface area contributed by atoms with E-state index in [4.69, 9.17) is 0 Å².